The molecule has 10 heteroatoms. The number of hydrogen-bond donors (Lipinski definition) is 2. The molecule has 9 nitrogen and oxygen atoms in total. The van der Waals surface area contributed by atoms with E-state index in [1.165, 1.54) is 24.1 Å². The highest BCUT2D eigenvalue weighted by atomic mass is 32.2. The summed E-state index contributed by atoms with van der Waals surface area (Å²) in [5.41, 5.74) is 0.935. The van der Waals surface area contributed by atoms with Gasteiger partial charge in [-0.3, -0.25) is 14.4 Å². The zero-order chi connectivity index (χ0) is 24.1. The van der Waals surface area contributed by atoms with E-state index >= 15 is 0 Å². The van der Waals surface area contributed by atoms with Crippen LogP contribution in [-0.2, 0) is 24.4 Å². The van der Waals surface area contributed by atoms with Crippen LogP contribution in [0.25, 0.3) is 0 Å². The summed E-state index contributed by atoms with van der Waals surface area (Å²) in [6.45, 7) is 5.97. The first kappa shape index (κ1) is 25.8. The third-order valence-corrected chi connectivity index (χ3v) is 7.03. The highest BCUT2D eigenvalue weighted by Crippen LogP contribution is 2.22. The fourth-order valence-electron chi connectivity index (χ4n) is 3.80. The number of amides is 2. The molecule has 1 aliphatic rings. The average Bonchev–Trinajstić information content (AvgIpc) is 2.71. The molecule has 1 heterocycles. The lowest BCUT2D eigenvalue weighted by atomic mass is 9.94. The molecule has 178 valence electrons. The van der Waals surface area contributed by atoms with E-state index in [0.29, 0.717) is 32.4 Å². The van der Waals surface area contributed by atoms with Gasteiger partial charge in [-0.05, 0) is 44.2 Å². The first-order chi connectivity index (χ1) is 14.9. The van der Waals surface area contributed by atoms with Crippen LogP contribution in [0.15, 0.2) is 29.2 Å². The number of benzene rings is 1. The highest BCUT2D eigenvalue weighted by Gasteiger charge is 2.34. The number of likely N-dealkylation sites (N-methyl/N-ethyl adjacent to an activating group) is 1. The molecule has 1 fully saturated rings. The van der Waals surface area contributed by atoms with E-state index in [9.17, 15) is 22.8 Å². The minimum Gasteiger partial charge on any atom is -0.480 e. The average molecular weight is 468 g/mol. The maximum atomic E-state index is 13.2. The van der Waals surface area contributed by atoms with Gasteiger partial charge in [-0.2, -0.15) is 4.72 Å². The van der Waals surface area contributed by atoms with Crippen molar-refractivity contribution in [1.29, 1.82) is 0 Å². The molecule has 0 radical (unpaired) electrons. The number of nitrogens with zero attached hydrogens (tertiary/aromatic N) is 2. The molecule has 0 bridgehead atoms. The van der Waals surface area contributed by atoms with Crippen molar-refractivity contribution in [2.75, 3.05) is 26.7 Å². The predicted octanol–water partition coefficient (Wildman–Crippen LogP) is 1.47. The van der Waals surface area contributed by atoms with Crippen molar-refractivity contribution in [3.8, 4) is 0 Å². The summed E-state index contributed by atoms with van der Waals surface area (Å²) in [5.74, 6) is -1.90. The van der Waals surface area contributed by atoms with Crippen LogP contribution in [0.4, 0.5) is 0 Å². The normalized spacial score (nSPS) is 16.1. The number of carbonyl (C=O) groups excluding carboxylic acids is 2. The molecule has 2 rings (SSSR count). The Labute approximate surface area is 189 Å². The number of aryl methyl sites for hydroxylation is 1. The summed E-state index contributed by atoms with van der Waals surface area (Å²) in [6, 6.07) is 5.54. The van der Waals surface area contributed by atoms with Crippen LogP contribution in [0, 0.1) is 18.8 Å². The molecule has 0 aliphatic carbocycles. The fourth-order valence-corrected chi connectivity index (χ4v) is 5.01. The third-order valence-electron chi connectivity index (χ3n) is 5.54. The molecule has 1 aliphatic heterocycles. The van der Waals surface area contributed by atoms with Crippen LogP contribution in [0.5, 0.6) is 0 Å². The van der Waals surface area contributed by atoms with E-state index in [2.05, 4.69) is 4.72 Å². The standard InChI is InChI=1S/C22H33N3O6S/c1-15(2)13-19(23-32(30,31)18-7-5-16(3)6-8-18)22(29)25-11-9-17(10-12-25)21(28)24(4)14-20(26)27/h5-8,15,17,19,23H,9-14H2,1-4H3,(H,26,27). The van der Waals surface area contributed by atoms with Gasteiger partial charge in [-0.25, -0.2) is 8.42 Å². The number of piperidine rings is 1. The number of likely N-dealkylation sites (tertiary alicyclic amines) is 1. The van der Waals surface area contributed by atoms with E-state index in [4.69, 9.17) is 5.11 Å². The third kappa shape index (κ3) is 7.03. The van der Waals surface area contributed by atoms with Gasteiger partial charge in [-0.1, -0.05) is 31.5 Å². The second kappa shape index (κ2) is 10.9. The highest BCUT2D eigenvalue weighted by molar-refractivity contribution is 7.89. The lowest BCUT2D eigenvalue weighted by molar-refractivity contribution is -0.146. The zero-order valence-electron chi connectivity index (χ0n) is 19.1. The molecule has 1 unspecified atom stereocenters. The van der Waals surface area contributed by atoms with Gasteiger partial charge in [0, 0.05) is 26.1 Å². The summed E-state index contributed by atoms with van der Waals surface area (Å²) < 4.78 is 28.3. The van der Waals surface area contributed by atoms with Gasteiger partial charge < -0.3 is 14.9 Å². The zero-order valence-corrected chi connectivity index (χ0v) is 19.9. The molecule has 1 aromatic carbocycles. The van der Waals surface area contributed by atoms with Crippen molar-refractivity contribution < 1.29 is 27.9 Å². The second-order valence-electron chi connectivity index (χ2n) is 8.80. The Bertz CT molecular complexity index is 921. The van der Waals surface area contributed by atoms with E-state index in [1.807, 2.05) is 20.8 Å². The van der Waals surface area contributed by atoms with E-state index in [0.717, 1.165) is 5.56 Å². The Morgan fingerprint density at radius 2 is 1.72 bits per heavy atom. The second-order valence-corrected chi connectivity index (χ2v) is 10.5. The smallest absolute Gasteiger partial charge is 0.323 e. The maximum Gasteiger partial charge on any atom is 0.323 e. The monoisotopic (exact) mass is 467 g/mol. The summed E-state index contributed by atoms with van der Waals surface area (Å²) in [5, 5.41) is 8.86. The number of carboxylic acids is 1. The number of nitrogens with one attached hydrogen (secondary N) is 1. The number of rotatable bonds is 9. The van der Waals surface area contributed by atoms with Gasteiger partial charge >= 0.3 is 5.97 Å². The Balaban J connectivity index is 2.06. The molecule has 32 heavy (non-hydrogen) atoms. The van der Waals surface area contributed by atoms with Crippen LogP contribution in [0.3, 0.4) is 0 Å². The predicted molar refractivity (Wildman–Crippen MR) is 119 cm³/mol. The van der Waals surface area contributed by atoms with Crippen molar-refractivity contribution in [3.05, 3.63) is 29.8 Å². The molecule has 1 atom stereocenters. The molecular formula is C22H33N3O6S. The Kier molecular flexibility index (Phi) is 8.80. The van der Waals surface area contributed by atoms with E-state index < -0.39 is 22.0 Å². The van der Waals surface area contributed by atoms with Crippen molar-refractivity contribution in [1.82, 2.24) is 14.5 Å². The van der Waals surface area contributed by atoms with Crippen LogP contribution in [-0.4, -0.2) is 73.8 Å². The van der Waals surface area contributed by atoms with Gasteiger partial charge in [0.25, 0.3) is 0 Å². The molecular weight excluding hydrogens is 434 g/mol. The number of carbonyl (C=O) groups is 3. The summed E-state index contributed by atoms with van der Waals surface area (Å²) in [6.07, 6.45) is 1.17. The van der Waals surface area contributed by atoms with E-state index in [1.54, 1.807) is 17.0 Å². The Hall–Kier alpha value is -2.46. The lowest BCUT2D eigenvalue weighted by Crippen LogP contribution is -2.52. The maximum absolute atomic E-state index is 13.2. The van der Waals surface area contributed by atoms with Crippen LogP contribution in [0.2, 0.25) is 0 Å². The molecule has 0 saturated carbocycles. The molecule has 0 aromatic heterocycles. The molecule has 0 spiro atoms. The topological polar surface area (TPSA) is 124 Å². The van der Waals surface area contributed by atoms with Crippen LogP contribution in [0.1, 0.15) is 38.7 Å². The largest absolute Gasteiger partial charge is 0.480 e. The summed E-state index contributed by atoms with van der Waals surface area (Å²) in [7, 11) is -2.42. The summed E-state index contributed by atoms with van der Waals surface area (Å²) >= 11 is 0. The first-order valence-corrected chi connectivity index (χ1v) is 12.2. The molecule has 2 N–H and O–H groups in total. The number of aliphatic carboxylic acids is 1. The Morgan fingerprint density at radius 1 is 1.16 bits per heavy atom. The fraction of sp³-hybridized carbons (Fsp3) is 0.591. The minimum atomic E-state index is -3.87. The van der Waals surface area contributed by atoms with Gasteiger partial charge in [0.05, 0.1) is 4.90 Å². The van der Waals surface area contributed by atoms with Crippen LogP contribution < -0.4 is 4.72 Å². The van der Waals surface area contributed by atoms with Gasteiger partial charge in [0.15, 0.2) is 0 Å². The summed E-state index contributed by atoms with van der Waals surface area (Å²) in [4.78, 5) is 39.3. The van der Waals surface area contributed by atoms with Gasteiger partial charge in [-0.15, -0.1) is 0 Å². The number of sulfonamides is 1. The number of hydrogen-bond acceptors (Lipinski definition) is 5. The van der Waals surface area contributed by atoms with Crippen LogP contribution >= 0.6 is 0 Å². The van der Waals surface area contributed by atoms with Gasteiger partial charge in [0.1, 0.15) is 12.6 Å². The SMILES string of the molecule is Cc1ccc(S(=O)(=O)NC(CC(C)C)C(=O)N2CCC(C(=O)N(C)CC(=O)O)CC2)cc1. The first-order valence-electron chi connectivity index (χ1n) is 10.7. The lowest BCUT2D eigenvalue weighted by Gasteiger charge is -2.35. The van der Waals surface area contributed by atoms with Crippen molar-refractivity contribution in [2.45, 2.75) is 51.0 Å². The van der Waals surface area contributed by atoms with Crippen molar-refractivity contribution in [3.63, 3.8) is 0 Å². The minimum absolute atomic E-state index is 0.0912. The molecule has 1 aromatic rings. The van der Waals surface area contributed by atoms with Gasteiger partial charge in [0.2, 0.25) is 21.8 Å². The Morgan fingerprint density at radius 3 is 2.22 bits per heavy atom. The quantitative estimate of drug-likeness (QED) is 0.567. The number of carboxylic acid groups (broad SMARTS) is 1. The molecule has 1 saturated heterocycles. The van der Waals surface area contributed by atoms with Crippen molar-refractivity contribution >= 4 is 27.8 Å². The van der Waals surface area contributed by atoms with Crippen molar-refractivity contribution in [2.24, 2.45) is 11.8 Å². The molecule has 2 amide bonds. The van der Waals surface area contributed by atoms with E-state index in [-0.39, 0.29) is 35.1 Å².